The summed E-state index contributed by atoms with van der Waals surface area (Å²) in [6, 6.07) is 4.21. The van der Waals surface area contributed by atoms with Crippen LogP contribution in [0.15, 0.2) is 17.5 Å². The topological polar surface area (TPSA) is 37.3 Å². The van der Waals surface area contributed by atoms with E-state index in [0.717, 1.165) is 12.8 Å². The largest absolute Gasteiger partial charge is 0.481 e. The van der Waals surface area contributed by atoms with Crippen LogP contribution in [0.2, 0.25) is 0 Å². The average molecular weight is 196 g/mol. The van der Waals surface area contributed by atoms with Crippen molar-refractivity contribution in [3.05, 3.63) is 22.4 Å². The first-order valence-corrected chi connectivity index (χ1v) is 5.39. The van der Waals surface area contributed by atoms with Gasteiger partial charge in [-0.2, -0.15) is 0 Å². The fraction of sp³-hybridized carbons (Fsp3) is 0.500. The van der Waals surface area contributed by atoms with Crippen LogP contribution in [0.4, 0.5) is 0 Å². The van der Waals surface area contributed by atoms with Gasteiger partial charge in [0.05, 0.1) is 0 Å². The summed E-state index contributed by atoms with van der Waals surface area (Å²) in [5.74, 6) is 0.406. The summed E-state index contributed by atoms with van der Waals surface area (Å²) in [7, 11) is 0. The van der Waals surface area contributed by atoms with Crippen molar-refractivity contribution in [1.82, 2.24) is 0 Å². The van der Waals surface area contributed by atoms with E-state index in [-0.39, 0.29) is 0 Å². The molecule has 0 aromatic carbocycles. The smallest absolute Gasteiger partial charge is 0.303 e. The Morgan fingerprint density at radius 3 is 2.92 bits per heavy atom. The highest BCUT2D eigenvalue weighted by Crippen LogP contribution is 2.44. The van der Waals surface area contributed by atoms with Crippen molar-refractivity contribution in [3.63, 3.8) is 0 Å². The highest BCUT2D eigenvalue weighted by Gasteiger charge is 2.31. The number of hydrogen-bond acceptors (Lipinski definition) is 2. The van der Waals surface area contributed by atoms with Gasteiger partial charge in [0.15, 0.2) is 0 Å². The van der Waals surface area contributed by atoms with E-state index in [2.05, 4.69) is 17.5 Å². The molecule has 0 aliphatic heterocycles. The Kier molecular flexibility index (Phi) is 2.36. The molecule has 0 atom stereocenters. The van der Waals surface area contributed by atoms with Gasteiger partial charge in [-0.1, -0.05) is 6.07 Å². The number of carboxylic acid groups (broad SMARTS) is 1. The first-order chi connectivity index (χ1) is 6.25. The Hall–Kier alpha value is -0.830. The Morgan fingerprint density at radius 2 is 2.38 bits per heavy atom. The van der Waals surface area contributed by atoms with Crippen LogP contribution < -0.4 is 0 Å². The molecular weight excluding hydrogens is 184 g/mol. The van der Waals surface area contributed by atoms with Crippen molar-refractivity contribution in [2.24, 2.45) is 5.92 Å². The van der Waals surface area contributed by atoms with Crippen LogP contribution in [-0.2, 0) is 4.79 Å². The molecule has 1 aliphatic rings. The van der Waals surface area contributed by atoms with Gasteiger partial charge in [-0.25, -0.2) is 0 Å². The van der Waals surface area contributed by atoms with Gasteiger partial charge in [0.2, 0.25) is 0 Å². The Balaban J connectivity index is 1.82. The van der Waals surface area contributed by atoms with E-state index >= 15 is 0 Å². The van der Waals surface area contributed by atoms with Crippen molar-refractivity contribution in [2.75, 3.05) is 0 Å². The second-order valence-corrected chi connectivity index (χ2v) is 4.63. The van der Waals surface area contributed by atoms with Crippen LogP contribution in [0, 0.1) is 5.92 Å². The maximum Gasteiger partial charge on any atom is 0.303 e. The molecular formula is C10H12O2S. The molecule has 70 valence electrons. The summed E-state index contributed by atoms with van der Waals surface area (Å²) in [6.45, 7) is 0. The minimum absolute atomic E-state index is 0.349. The maximum absolute atomic E-state index is 10.4. The minimum atomic E-state index is -0.658. The quantitative estimate of drug-likeness (QED) is 0.807. The summed E-state index contributed by atoms with van der Waals surface area (Å²) < 4.78 is 0. The Bertz CT molecular complexity index is 286. The predicted molar refractivity (Wildman–Crippen MR) is 52.0 cm³/mol. The minimum Gasteiger partial charge on any atom is -0.481 e. The molecule has 0 saturated heterocycles. The number of carbonyl (C=O) groups is 1. The van der Waals surface area contributed by atoms with Crippen molar-refractivity contribution < 1.29 is 9.90 Å². The zero-order chi connectivity index (χ0) is 9.26. The predicted octanol–water partition coefficient (Wildman–Crippen LogP) is 2.72. The van der Waals surface area contributed by atoms with Crippen LogP contribution in [0.3, 0.4) is 0 Å². The fourth-order valence-corrected chi connectivity index (χ4v) is 2.76. The lowest BCUT2D eigenvalue weighted by Gasteiger charge is -2.33. The third-order valence-electron chi connectivity index (χ3n) is 2.64. The summed E-state index contributed by atoms with van der Waals surface area (Å²) in [4.78, 5) is 11.8. The van der Waals surface area contributed by atoms with E-state index in [9.17, 15) is 4.79 Å². The standard InChI is InChI=1S/C10H12O2S/c11-10(12)6-7-4-8(5-7)9-2-1-3-13-9/h1-3,7-8H,4-6H2,(H,11,12). The maximum atomic E-state index is 10.4. The lowest BCUT2D eigenvalue weighted by Crippen LogP contribution is -2.23. The van der Waals surface area contributed by atoms with Crippen molar-refractivity contribution in [1.29, 1.82) is 0 Å². The third kappa shape index (κ3) is 1.91. The van der Waals surface area contributed by atoms with Crippen LogP contribution in [0.5, 0.6) is 0 Å². The molecule has 1 aromatic heterocycles. The number of aliphatic carboxylic acids is 1. The second kappa shape index (κ2) is 3.50. The molecule has 0 bridgehead atoms. The van der Waals surface area contributed by atoms with Crippen LogP contribution in [0.1, 0.15) is 30.1 Å². The molecule has 0 unspecified atom stereocenters. The first kappa shape index (κ1) is 8.75. The fourth-order valence-electron chi connectivity index (χ4n) is 1.91. The molecule has 1 aliphatic carbocycles. The molecule has 13 heavy (non-hydrogen) atoms. The van der Waals surface area contributed by atoms with E-state index < -0.39 is 5.97 Å². The van der Waals surface area contributed by atoms with Crippen LogP contribution in [0.25, 0.3) is 0 Å². The van der Waals surface area contributed by atoms with E-state index in [1.807, 2.05) is 0 Å². The summed E-state index contributed by atoms with van der Waals surface area (Å²) in [6.07, 6.45) is 2.47. The molecule has 1 N–H and O–H groups in total. The number of carboxylic acids is 1. The van der Waals surface area contributed by atoms with Gasteiger partial charge in [-0.3, -0.25) is 4.79 Å². The molecule has 2 nitrogen and oxygen atoms in total. The molecule has 0 radical (unpaired) electrons. The molecule has 0 amide bonds. The molecule has 3 heteroatoms. The van der Waals surface area contributed by atoms with E-state index in [1.165, 1.54) is 4.88 Å². The average Bonchev–Trinajstić information content (AvgIpc) is 2.46. The second-order valence-electron chi connectivity index (χ2n) is 3.65. The van der Waals surface area contributed by atoms with Gasteiger partial charge in [0, 0.05) is 11.3 Å². The van der Waals surface area contributed by atoms with E-state index in [4.69, 9.17) is 5.11 Å². The van der Waals surface area contributed by atoms with Crippen molar-refractivity contribution in [2.45, 2.75) is 25.2 Å². The van der Waals surface area contributed by atoms with Crippen LogP contribution in [-0.4, -0.2) is 11.1 Å². The van der Waals surface area contributed by atoms with E-state index in [1.54, 1.807) is 11.3 Å². The molecule has 1 aromatic rings. The van der Waals surface area contributed by atoms with Gasteiger partial charge in [-0.05, 0) is 36.1 Å². The SMILES string of the molecule is O=C(O)CC1CC(c2cccs2)C1. The van der Waals surface area contributed by atoms with Gasteiger partial charge in [-0.15, -0.1) is 11.3 Å². The van der Waals surface area contributed by atoms with Crippen molar-refractivity contribution >= 4 is 17.3 Å². The van der Waals surface area contributed by atoms with Crippen LogP contribution >= 0.6 is 11.3 Å². The third-order valence-corrected chi connectivity index (χ3v) is 3.68. The van der Waals surface area contributed by atoms with Crippen molar-refractivity contribution in [3.8, 4) is 0 Å². The lowest BCUT2D eigenvalue weighted by atomic mass is 9.73. The lowest BCUT2D eigenvalue weighted by molar-refractivity contribution is -0.138. The Morgan fingerprint density at radius 1 is 1.62 bits per heavy atom. The van der Waals surface area contributed by atoms with Gasteiger partial charge in [0.25, 0.3) is 0 Å². The van der Waals surface area contributed by atoms with Gasteiger partial charge < -0.3 is 5.11 Å². The summed E-state index contributed by atoms with van der Waals surface area (Å²) in [5, 5.41) is 10.7. The van der Waals surface area contributed by atoms with E-state index in [0.29, 0.717) is 18.3 Å². The molecule has 1 heterocycles. The Labute approximate surface area is 81.2 Å². The summed E-state index contributed by atoms with van der Waals surface area (Å²) in [5.41, 5.74) is 0. The molecule has 2 rings (SSSR count). The molecule has 0 spiro atoms. The normalized spacial score (nSPS) is 26.8. The van der Waals surface area contributed by atoms with Gasteiger partial charge in [0.1, 0.15) is 0 Å². The number of hydrogen-bond donors (Lipinski definition) is 1. The number of thiophene rings is 1. The molecule has 1 saturated carbocycles. The zero-order valence-electron chi connectivity index (χ0n) is 7.27. The van der Waals surface area contributed by atoms with Gasteiger partial charge >= 0.3 is 5.97 Å². The summed E-state index contributed by atoms with van der Waals surface area (Å²) >= 11 is 1.78. The monoisotopic (exact) mass is 196 g/mol. The highest BCUT2D eigenvalue weighted by atomic mass is 32.1. The first-order valence-electron chi connectivity index (χ1n) is 4.51. The highest BCUT2D eigenvalue weighted by molar-refractivity contribution is 7.10. The zero-order valence-corrected chi connectivity index (χ0v) is 8.09. The molecule has 1 fully saturated rings. The number of rotatable bonds is 3.